The molecule has 1 aromatic carbocycles. The summed E-state index contributed by atoms with van der Waals surface area (Å²) in [5, 5.41) is 0. The first-order valence-corrected chi connectivity index (χ1v) is 5.22. The maximum atomic E-state index is 12.7. The molecular formula is C12H14F3NO. The predicted octanol–water partition coefficient (Wildman–Crippen LogP) is 3.07. The van der Waals surface area contributed by atoms with Crippen molar-refractivity contribution >= 4 is 6.41 Å². The van der Waals surface area contributed by atoms with Gasteiger partial charge in [0.1, 0.15) is 0 Å². The van der Waals surface area contributed by atoms with Crippen LogP contribution in [0.25, 0.3) is 0 Å². The van der Waals surface area contributed by atoms with Gasteiger partial charge in [0, 0.05) is 12.6 Å². The molecular weight excluding hydrogens is 231 g/mol. The lowest BCUT2D eigenvalue weighted by molar-refractivity contribution is -0.139. The van der Waals surface area contributed by atoms with Crippen LogP contribution in [0.4, 0.5) is 13.2 Å². The Balaban J connectivity index is 3.02. The number of halogens is 3. The molecule has 0 aromatic heterocycles. The molecule has 0 fully saturated rings. The molecule has 0 bridgehead atoms. The van der Waals surface area contributed by atoms with E-state index in [9.17, 15) is 18.0 Å². The van der Waals surface area contributed by atoms with Crippen molar-refractivity contribution in [2.75, 3.05) is 0 Å². The van der Waals surface area contributed by atoms with Crippen LogP contribution >= 0.6 is 0 Å². The van der Waals surface area contributed by atoms with Crippen molar-refractivity contribution in [2.45, 2.75) is 32.6 Å². The number of nitrogens with zero attached hydrogens (tertiary/aromatic N) is 1. The Morgan fingerprint density at radius 2 is 1.88 bits per heavy atom. The van der Waals surface area contributed by atoms with Crippen molar-refractivity contribution in [3.8, 4) is 0 Å². The Bertz CT molecular complexity index is 388. The van der Waals surface area contributed by atoms with E-state index in [2.05, 4.69) is 0 Å². The summed E-state index contributed by atoms with van der Waals surface area (Å²) < 4.78 is 38.1. The number of rotatable bonds is 4. The average Bonchev–Trinajstić information content (AvgIpc) is 2.24. The predicted molar refractivity (Wildman–Crippen MR) is 58.2 cm³/mol. The average molecular weight is 245 g/mol. The second-order valence-corrected chi connectivity index (χ2v) is 4.03. The molecule has 1 aromatic rings. The molecule has 17 heavy (non-hydrogen) atoms. The fourth-order valence-corrected chi connectivity index (χ4v) is 1.47. The number of hydrogen-bond donors (Lipinski definition) is 0. The summed E-state index contributed by atoms with van der Waals surface area (Å²) >= 11 is 0. The number of hydrogen-bond acceptors (Lipinski definition) is 1. The lowest BCUT2D eigenvalue weighted by Gasteiger charge is -2.23. The minimum atomic E-state index is -4.39. The maximum Gasteiger partial charge on any atom is 0.416 e. The SMILES string of the molecule is CC(C)N(C=O)Cc1ccccc1C(F)(F)F. The zero-order chi connectivity index (χ0) is 13.1. The fraction of sp³-hybridized carbons (Fsp3) is 0.417. The highest BCUT2D eigenvalue weighted by atomic mass is 19.4. The molecule has 1 rings (SSSR count). The van der Waals surface area contributed by atoms with Crippen LogP contribution in [0.1, 0.15) is 25.0 Å². The minimum Gasteiger partial charge on any atom is -0.338 e. The summed E-state index contributed by atoms with van der Waals surface area (Å²) in [4.78, 5) is 12.1. The van der Waals surface area contributed by atoms with Gasteiger partial charge in [0.05, 0.1) is 5.56 Å². The quantitative estimate of drug-likeness (QED) is 0.746. The highest BCUT2D eigenvalue weighted by Crippen LogP contribution is 2.32. The normalized spacial score (nSPS) is 11.6. The van der Waals surface area contributed by atoms with E-state index < -0.39 is 11.7 Å². The summed E-state index contributed by atoms with van der Waals surface area (Å²) in [7, 11) is 0. The third-order valence-electron chi connectivity index (χ3n) is 2.47. The van der Waals surface area contributed by atoms with E-state index in [-0.39, 0.29) is 18.2 Å². The van der Waals surface area contributed by atoms with Crippen LogP contribution in [0.2, 0.25) is 0 Å². The second kappa shape index (κ2) is 5.21. The Labute approximate surface area is 98.0 Å². The molecule has 2 nitrogen and oxygen atoms in total. The number of carbonyl (C=O) groups is 1. The first-order chi connectivity index (χ1) is 7.86. The zero-order valence-electron chi connectivity index (χ0n) is 9.66. The van der Waals surface area contributed by atoms with Gasteiger partial charge >= 0.3 is 6.18 Å². The van der Waals surface area contributed by atoms with E-state index in [1.54, 1.807) is 13.8 Å². The Morgan fingerprint density at radius 3 is 2.35 bits per heavy atom. The molecule has 0 N–H and O–H groups in total. The molecule has 5 heteroatoms. The van der Waals surface area contributed by atoms with Crippen LogP contribution in [-0.2, 0) is 17.5 Å². The van der Waals surface area contributed by atoms with Crippen molar-refractivity contribution in [3.63, 3.8) is 0 Å². The molecule has 0 unspecified atom stereocenters. The van der Waals surface area contributed by atoms with E-state index in [1.807, 2.05) is 0 Å². The topological polar surface area (TPSA) is 20.3 Å². The molecule has 0 aliphatic rings. The van der Waals surface area contributed by atoms with E-state index >= 15 is 0 Å². The smallest absolute Gasteiger partial charge is 0.338 e. The molecule has 0 aliphatic heterocycles. The first kappa shape index (κ1) is 13.5. The van der Waals surface area contributed by atoms with Gasteiger partial charge in [-0.2, -0.15) is 13.2 Å². The van der Waals surface area contributed by atoms with Gasteiger partial charge in [-0.1, -0.05) is 18.2 Å². The molecule has 0 aliphatic carbocycles. The van der Waals surface area contributed by atoms with Crippen LogP contribution in [0.15, 0.2) is 24.3 Å². The monoisotopic (exact) mass is 245 g/mol. The Morgan fingerprint density at radius 1 is 1.29 bits per heavy atom. The molecule has 0 saturated heterocycles. The number of benzene rings is 1. The van der Waals surface area contributed by atoms with Gasteiger partial charge in [0.15, 0.2) is 0 Å². The third-order valence-corrected chi connectivity index (χ3v) is 2.47. The molecule has 0 atom stereocenters. The number of alkyl halides is 3. The van der Waals surface area contributed by atoms with Crippen LogP contribution in [-0.4, -0.2) is 17.4 Å². The largest absolute Gasteiger partial charge is 0.416 e. The lowest BCUT2D eigenvalue weighted by atomic mass is 10.1. The van der Waals surface area contributed by atoms with Crippen LogP contribution < -0.4 is 0 Å². The van der Waals surface area contributed by atoms with Gasteiger partial charge in [0.2, 0.25) is 6.41 Å². The molecule has 0 radical (unpaired) electrons. The van der Waals surface area contributed by atoms with Crippen LogP contribution in [0.5, 0.6) is 0 Å². The van der Waals surface area contributed by atoms with Crippen LogP contribution in [0, 0.1) is 0 Å². The Kier molecular flexibility index (Phi) is 4.15. The van der Waals surface area contributed by atoms with Gasteiger partial charge in [-0.15, -0.1) is 0 Å². The summed E-state index contributed by atoms with van der Waals surface area (Å²) in [6.45, 7) is 3.48. The van der Waals surface area contributed by atoms with Gasteiger partial charge in [0.25, 0.3) is 0 Å². The second-order valence-electron chi connectivity index (χ2n) is 4.03. The summed E-state index contributed by atoms with van der Waals surface area (Å²) in [5.41, 5.74) is -0.576. The van der Waals surface area contributed by atoms with Crippen molar-refractivity contribution in [1.29, 1.82) is 0 Å². The molecule has 94 valence electrons. The lowest BCUT2D eigenvalue weighted by Crippen LogP contribution is -2.29. The van der Waals surface area contributed by atoms with Crippen molar-refractivity contribution in [2.24, 2.45) is 0 Å². The highest BCUT2D eigenvalue weighted by Gasteiger charge is 2.33. The van der Waals surface area contributed by atoms with Gasteiger partial charge in [-0.3, -0.25) is 4.79 Å². The molecule has 0 heterocycles. The standard InChI is InChI=1S/C12H14F3NO/c1-9(2)16(8-17)7-10-5-3-4-6-11(10)12(13,14)15/h3-6,8-9H,7H2,1-2H3. The number of carbonyl (C=O) groups excluding carboxylic acids is 1. The van der Waals surface area contributed by atoms with Crippen molar-refractivity contribution in [1.82, 2.24) is 4.90 Å². The molecule has 0 spiro atoms. The minimum absolute atomic E-state index is 0.0309. The third kappa shape index (κ3) is 3.47. The zero-order valence-corrected chi connectivity index (χ0v) is 9.66. The summed E-state index contributed by atoms with van der Waals surface area (Å²) in [6, 6.07) is 5.16. The van der Waals surface area contributed by atoms with E-state index in [0.717, 1.165) is 6.07 Å². The van der Waals surface area contributed by atoms with Gasteiger partial charge in [-0.25, -0.2) is 0 Å². The highest BCUT2D eigenvalue weighted by molar-refractivity contribution is 5.48. The van der Waals surface area contributed by atoms with E-state index in [1.165, 1.54) is 23.1 Å². The van der Waals surface area contributed by atoms with E-state index in [4.69, 9.17) is 0 Å². The molecule has 0 saturated carbocycles. The van der Waals surface area contributed by atoms with E-state index in [0.29, 0.717) is 6.41 Å². The Hall–Kier alpha value is -1.52. The summed E-state index contributed by atoms with van der Waals surface area (Å²) in [6.07, 6.45) is -3.82. The van der Waals surface area contributed by atoms with Crippen molar-refractivity contribution < 1.29 is 18.0 Å². The van der Waals surface area contributed by atoms with Crippen molar-refractivity contribution in [3.05, 3.63) is 35.4 Å². The van der Waals surface area contributed by atoms with Gasteiger partial charge in [-0.05, 0) is 25.5 Å². The number of amides is 1. The first-order valence-electron chi connectivity index (χ1n) is 5.22. The molecule has 1 amide bonds. The fourth-order valence-electron chi connectivity index (χ4n) is 1.47. The summed E-state index contributed by atoms with van der Waals surface area (Å²) in [5.74, 6) is 0. The van der Waals surface area contributed by atoms with Crippen LogP contribution in [0.3, 0.4) is 0 Å². The van der Waals surface area contributed by atoms with Gasteiger partial charge < -0.3 is 4.90 Å². The maximum absolute atomic E-state index is 12.7.